The third-order valence-corrected chi connectivity index (χ3v) is 7.14. The Labute approximate surface area is 147 Å². The Hall–Kier alpha value is -0.640. The summed E-state index contributed by atoms with van der Waals surface area (Å²) in [4.78, 5) is 1.59. The average Bonchev–Trinajstić information content (AvgIpc) is 3.11. The number of hydrogen-bond acceptors (Lipinski definition) is 7. The fourth-order valence-electron chi connectivity index (χ4n) is 3.32. The zero-order valence-electron chi connectivity index (χ0n) is 14.2. The third kappa shape index (κ3) is 4.93. The Morgan fingerprint density at radius 3 is 2.92 bits per heavy atom. The van der Waals surface area contributed by atoms with E-state index in [4.69, 9.17) is 9.15 Å². The van der Waals surface area contributed by atoms with Gasteiger partial charge >= 0.3 is 0 Å². The maximum atomic E-state index is 11.5. The van der Waals surface area contributed by atoms with Crippen molar-refractivity contribution in [1.29, 1.82) is 0 Å². The van der Waals surface area contributed by atoms with Gasteiger partial charge in [0.05, 0.1) is 30.6 Å². The van der Waals surface area contributed by atoms with Crippen LogP contribution in [0.5, 0.6) is 0 Å². The van der Waals surface area contributed by atoms with E-state index in [2.05, 4.69) is 24.0 Å². The third-order valence-electron chi connectivity index (χ3n) is 4.42. The number of sulfone groups is 1. The molecule has 3 atom stereocenters. The molecule has 2 fully saturated rings. The summed E-state index contributed by atoms with van der Waals surface area (Å²) in [5, 5.41) is 8.59. The summed E-state index contributed by atoms with van der Waals surface area (Å²) in [6.07, 6.45) is 0.771. The molecule has 0 amide bonds. The number of nitrogens with zero attached hydrogens (tertiary/aromatic N) is 2. The molecule has 1 aromatic heterocycles. The molecule has 0 spiro atoms. The molecule has 24 heavy (non-hydrogen) atoms. The summed E-state index contributed by atoms with van der Waals surface area (Å²) in [5.41, 5.74) is 0. The summed E-state index contributed by atoms with van der Waals surface area (Å²) in [6.45, 7) is 8.53. The lowest BCUT2D eigenvalue weighted by Crippen LogP contribution is -3.15. The van der Waals surface area contributed by atoms with Gasteiger partial charge in [-0.3, -0.25) is 0 Å². The fraction of sp³-hybridized carbons (Fsp3) is 0.867. The Morgan fingerprint density at radius 1 is 1.38 bits per heavy atom. The van der Waals surface area contributed by atoms with Gasteiger partial charge in [-0.05, 0) is 6.42 Å². The maximum absolute atomic E-state index is 11.5. The first-order valence-corrected chi connectivity index (χ1v) is 11.3. The van der Waals surface area contributed by atoms with Crippen LogP contribution in [0.15, 0.2) is 9.64 Å². The highest BCUT2D eigenvalue weighted by atomic mass is 32.2. The van der Waals surface area contributed by atoms with Crippen molar-refractivity contribution in [3.05, 3.63) is 5.89 Å². The van der Waals surface area contributed by atoms with Crippen LogP contribution < -0.4 is 4.90 Å². The van der Waals surface area contributed by atoms with Crippen LogP contribution in [0.3, 0.4) is 0 Å². The number of morpholine rings is 1. The molecule has 9 heteroatoms. The summed E-state index contributed by atoms with van der Waals surface area (Å²) >= 11 is 1.50. The molecule has 0 bridgehead atoms. The van der Waals surface area contributed by atoms with E-state index in [9.17, 15) is 8.42 Å². The zero-order valence-corrected chi connectivity index (χ0v) is 15.9. The van der Waals surface area contributed by atoms with Crippen molar-refractivity contribution >= 4 is 21.6 Å². The van der Waals surface area contributed by atoms with Crippen LogP contribution in [-0.4, -0.2) is 68.2 Å². The van der Waals surface area contributed by atoms with Crippen molar-refractivity contribution in [2.24, 2.45) is 5.92 Å². The molecule has 7 nitrogen and oxygen atoms in total. The smallest absolute Gasteiger partial charge is 0.276 e. The predicted octanol–water partition coefficient (Wildman–Crippen LogP) is 0.00350. The molecule has 136 valence electrons. The zero-order chi connectivity index (χ0) is 17.2. The molecule has 1 aromatic rings. The summed E-state index contributed by atoms with van der Waals surface area (Å²) in [7, 11) is -2.94. The quantitative estimate of drug-likeness (QED) is 0.700. The van der Waals surface area contributed by atoms with E-state index in [1.54, 1.807) is 4.90 Å². The van der Waals surface area contributed by atoms with Crippen molar-refractivity contribution in [3.63, 3.8) is 0 Å². The molecule has 3 rings (SSSR count). The van der Waals surface area contributed by atoms with Crippen LogP contribution in [0.4, 0.5) is 0 Å². The Bertz CT molecular complexity index is 647. The Balaban J connectivity index is 1.49. The van der Waals surface area contributed by atoms with Crippen molar-refractivity contribution < 1.29 is 22.5 Å². The van der Waals surface area contributed by atoms with Gasteiger partial charge in [0.2, 0.25) is 5.89 Å². The average molecular weight is 377 g/mol. The number of aromatic nitrogens is 2. The Morgan fingerprint density at radius 2 is 2.21 bits per heavy atom. The summed E-state index contributed by atoms with van der Waals surface area (Å²) in [5.74, 6) is 2.12. The van der Waals surface area contributed by atoms with Gasteiger partial charge in [0.1, 0.15) is 19.2 Å². The highest BCUT2D eigenvalue weighted by Crippen LogP contribution is 2.29. The van der Waals surface area contributed by atoms with Gasteiger partial charge < -0.3 is 14.1 Å². The second-order valence-corrected chi connectivity index (χ2v) is 10.3. The lowest BCUT2D eigenvalue weighted by molar-refractivity contribution is -0.914. The number of nitrogens with one attached hydrogen (secondary N) is 1. The monoisotopic (exact) mass is 376 g/mol. The van der Waals surface area contributed by atoms with Crippen LogP contribution in [0.1, 0.15) is 32.1 Å². The normalized spacial score (nSPS) is 30.0. The lowest BCUT2D eigenvalue weighted by Gasteiger charge is -2.30. The van der Waals surface area contributed by atoms with Gasteiger partial charge in [0.25, 0.3) is 5.22 Å². The summed E-state index contributed by atoms with van der Waals surface area (Å²) < 4.78 is 34.6. The molecule has 1 N–H and O–H groups in total. The van der Waals surface area contributed by atoms with Gasteiger partial charge in [0, 0.05) is 11.7 Å². The van der Waals surface area contributed by atoms with E-state index >= 15 is 0 Å². The van der Waals surface area contributed by atoms with E-state index in [0.29, 0.717) is 23.5 Å². The molecule has 0 aliphatic carbocycles. The second kappa shape index (κ2) is 7.72. The number of ether oxygens (including phenoxy) is 1. The SMILES string of the molecule is CC(C)C[NH+]1CCO[C@@H](CSc2nnc([C@@H]3CCS(=O)(=O)C3)o2)C1. The van der Waals surface area contributed by atoms with Gasteiger partial charge in [-0.1, -0.05) is 25.6 Å². The van der Waals surface area contributed by atoms with E-state index in [1.165, 1.54) is 18.3 Å². The Kier molecular flexibility index (Phi) is 5.84. The predicted molar refractivity (Wildman–Crippen MR) is 91.2 cm³/mol. The highest BCUT2D eigenvalue weighted by molar-refractivity contribution is 7.99. The largest absolute Gasteiger partial charge is 0.416 e. The number of thioether (sulfide) groups is 1. The van der Waals surface area contributed by atoms with E-state index < -0.39 is 9.84 Å². The molecular formula is C15H26N3O4S2+. The van der Waals surface area contributed by atoms with Gasteiger partial charge in [-0.15, -0.1) is 10.2 Å². The van der Waals surface area contributed by atoms with E-state index in [1.807, 2.05) is 0 Å². The van der Waals surface area contributed by atoms with Gasteiger partial charge in [-0.25, -0.2) is 8.42 Å². The van der Waals surface area contributed by atoms with Crippen LogP contribution in [-0.2, 0) is 14.6 Å². The van der Waals surface area contributed by atoms with Crippen molar-refractivity contribution in [3.8, 4) is 0 Å². The fourth-order valence-corrected chi connectivity index (χ4v) is 5.84. The molecule has 2 aliphatic rings. The number of hydrogen-bond donors (Lipinski definition) is 1. The van der Waals surface area contributed by atoms with E-state index in [0.717, 1.165) is 25.4 Å². The van der Waals surface area contributed by atoms with Gasteiger partial charge in [-0.2, -0.15) is 0 Å². The number of rotatable bonds is 6. The first-order chi connectivity index (χ1) is 11.4. The molecule has 2 aliphatic heterocycles. The molecule has 2 saturated heterocycles. The minimum Gasteiger partial charge on any atom is -0.416 e. The standard InChI is InChI=1S/C15H25N3O4S2/c1-11(2)7-18-4-5-21-13(8-18)9-23-15-17-16-14(22-15)12-3-6-24(19,20)10-12/h11-13H,3-10H2,1-2H3/p+1/t12-,13-/m1/s1. The van der Waals surface area contributed by atoms with Gasteiger partial charge in [0.15, 0.2) is 9.84 Å². The molecule has 1 unspecified atom stereocenters. The van der Waals surface area contributed by atoms with Crippen LogP contribution in [0.25, 0.3) is 0 Å². The molecule has 0 radical (unpaired) electrons. The maximum Gasteiger partial charge on any atom is 0.276 e. The van der Waals surface area contributed by atoms with Crippen LogP contribution >= 0.6 is 11.8 Å². The minimum absolute atomic E-state index is 0.124. The van der Waals surface area contributed by atoms with Crippen molar-refractivity contribution in [1.82, 2.24) is 10.2 Å². The topological polar surface area (TPSA) is 86.7 Å². The number of quaternary nitrogens is 1. The van der Waals surface area contributed by atoms with Crippen molar-refractivity contribution in [2.75, 3.05) is 43.5 Å². The van der Waals surface area contributed by atoms with Crippen molar-refractivity contribution in [2.45, 2.75) is 37.5 Å². The second-order valence-electron chi connectivity index (χ2n) is 7.11. The lowest BCUT2D eigenvalue weighted by atomic mass is 10.1. The minimum atomic E-state index is -2.94. The van der Waals surface area contributed by atoms with E-state index in [-0.39, 0.29) is 23.5 Å². The first kappa shape index (κ1) is 18.2. The highest BCUT2D eigenvalue weighted by Gasteiger charge is 2.33. The molecular weight excluding hydrogens is 350 g/mol. The first-order valence-electron chi connectivity index (χ1n) is 8.53. The summed E-state index contributed by atoms with van der Waals surface area (Å²) in [6, 6.07) is 0. The molecule has 0 aromatic carbocycles. The van der Waals surface area contributed by atoms with Crippen LogP contribution in [0.2, 0.25) is 0 Å². The molecule has 3 heterocycles. The van der Waals surface area contributed by atoms with Crippen LogP contribution in [0, 0.1) is 5.92 Å². The molecule has 0 saturated carbocycles.